The van der Waals surface area contributed by atoms with Crippen LogP contribution in [-0.4, -0.2) is 65.7 Å². The molecule has 0 aromatic heterocycles. The fraction of sp³-hybridized carbons (Fsp3) is 0.902. The first-order valence-electron chi connectivity index (χ1n) is 21.1. The minimum absolute atomic E-state index is 0.158. The van der Waals surface area contributed by atoms with Gasteiger partial charge in [0, 0.05) is 12.8 Å². The summed E-state index contributed by atoms with van der Waals surface area (Å²) in [5.74, 6) is -0.941. The number of carbonyl (C=O) groups is 2. The summed E-state index contributed by atoms with van der Waals surface area (Å²) in [5.41, 5.74) is 0. The van der Waals surface area contributed by atoms with Crippen LogP contribution < -0.4 is 0 Å². The highest BCUT2D eigenvalue weighted by molar-refractivity contribution is 7.47. The van der Waals surface area contributed by atoms with Gasteiger partial charge in [-0.3, -0.25) is 18.6 Å². The fourth-order valence-electron chi connectivity index (χ4n) is 5.87. The summed E-state index contributed by atoms with van der Waals surface area (Å²) in [4.78, 5) is 34.9. The number of unbranched alkanes of at least 4 members (excludes halogenated alkanes) is 24. The molecular formula is C41H79O10P. The highest BCUT2D eigenvalue weighted by Gasteiger charge is 2.27. The zero-order chi connectivity index (χ0) is 38.4. The summed E-state index contributed by atoms with van der Waals surface area (Å²) in [7, 11) is -4.61. The molecule has 0 aromatic carbocycles. The number of aliphatic hydroxyl groups is 2. The Morgan fingerprint density at radius 2 is 0.942 bits per heavy atom. The van der Waals surface area contributed by atoms with E-state index < -0.39 is 51.8 Å². The Morgan fingerprint density at radius 3 is 1.42 bits per heavy atom. The van der Waals surface area contributed by atoms with Gasteiger partial charge >= 0.3 is 19.8 Å². The summed E-state index contributed by atoms with van der Waals surface area (Å²) in [6.45, 7) is 2.37. The van der Waals surface area contributed by atoms with E-state index in [1.807, 2.05) is 0 Å². The number of hydrogen-bond acceptors (Lipinski definition) is 9. The van der Waals surface area contributed by atoms with Crippen LogP contribution in [0.3, 0.4) is 0 Å². The Balaban J connectivity index is 4.32. The minimum Gasteiger partial charge on any atom is -0.462 e. The number of ether oxygens (including phenoxy) is 2. The van der Waals surface area contributed by atoms with Crippen LogP contribution in [0.4, 0.5) is 0 Å². The predicted octanol–water partition coefficient (Wildman–Crippen LogP) is 10.8. The van der Waals surface area contributed by atoms with Crippen molar-refractivity contribution in [2.45, 2.75) is 212 Å². The SMILES string of the molecule is CCCCCCCCCCC/C=C/CCCCC(=O)O[C@H](COC(=O)CCCCCCCCCCCCCCCC)COP(=O)(O)OC[C@@H](O)CO. The van der Waals surface area contributed by atoms with Gasteiger partial charge in [0.25, 0.3) is 0 Å². The highest BCUT2D eigenvalue weighted by Crippen LogP contribution is 2.43. The molecule has 0 spiro atoms. The van der Waals surface area contributed by atoms with Gasteiger partial charge in [0.05, 0.1) is 19.8 Å². The van der Waals surface area contributed by atoms with Crippen LogP contribution in [0.25, 0.3) is 0 Å². The number of allylic oxidation sites excluding steroid dienone is 2. The lowest BCUT2D eigenvalue weighted by molar-refractivity contribution is -0.161. The smallest absolute Gasteiger partial charge is 0.462 e. The first kappa shape index (κ1) is 50.7. The zero-order valence-electron chi connectivity index (χ0n) is 33.3. The first-order chi connectivity index (χ1) is 25.2. The van der Waals surface area contributed by atoms with Crippen molar-refractivity contribution in [1.82, 2.24) is 0 Å². The van der Waals surface area contributed by atoms with Crippen LogP contribution in [0, 0.1) is 0 Å². The Morgan fingerprint density at radius 1 is 0.558 bits per heavy atom. The maximum atomic E-state index is 12.6. The standard InChI is InChI=1S/C41H79O10P/c1-3-5-7-9-11-13-15-17-19-21-23-25-27-29-31-33-41(45)51-39(37-50-52(46,47)49-35-38(43)34-42)36-48-40(44)32-30-28-26-24-22-20-18-16-14-12-10-8-6-4-2/h23,25,38-39,42-43H,3-22,24,26-37H2,1-2H3,(H,46,47)/b25-23+/t38-,39+/m0/s1. The lowest BCUT2D eigenvalue weighted by atomic mass is 10.0. The predicted molar refractivity (Wildman–Crippen MR) is 210 cm³/mol. The van der Waals surface area contributed by atoms with Crippen molar-refractivity contribution < 1.29 is 47.8 Å². The number of phosphoric acid groups is 1. The van der Waals surface area contributed by atoms with E-state index in [4.69, 9.17) is 19.1 Å². The zero-order valence-corrected chi connectivity index (χ0v) is 34.2. The van der Waals surface area contributed by atoms with Crippen molar-refractivity contribution in [3.8, 4) is 0 Å². The van der Waals surface area contributed by atoms with Crippen LogP contribution >= 0.6 is 7.82 Å². The van der Waals surface area contributed by atoms with Gasteiger partial charge in [0.15, 0.2) is 6.10 Å². The minimum atomic E-state index is -4.61. The van der Waals surface area contributed by atoms with E-state index in [1.165, 1.54) is 122 Å². The van der Waals surface area contributed by atoms with Crippen molar-refractivity contribution in [1.29, 1.82) is 0 Å². The van der Waals surface area contributed by atoms with Gasteiger partial charge in [0.2, 0.25) is 0 Å². The van der Waals surface area contributed by atoms with E-state index in [0.717, 1.165) is 38.5 Å². The summed E-state index contributed by atoms with van der Waals surface area (Å²) >= 11 is 0. The number of rotatable bonds is 40. The summed E-state index contributed by atoms with van der Waals surface area (Å²) < 4.78 is 32.6. The molecule has 0 aliphatic rings. The van der Waals surface area contributed by atoms with Gasteiger partial charge in [-0.1, -0.05) is 161 Å². The van der Waals surface area contributed by atoms with E-state index in [2.05, 4.69) is 30.5 Å². The van der Waals surface area contributed by atoms with Crippen LogP contribution in [0.1, 0.15) is 200 Å². The molecule has 1 unspecified atom stereocenters. The molecule has 308 valence electrons. The number of esters is 2. The lowest BCUT2D eigenvalue weighted by Gasteiger charge is -2.20. The maximum absolute atomic E-state index is 12.6. The second-order valence-electron chi connectivity index (χ2n) is 14.4. The van der Waals surface area contributed by atoms with Gasteiger partial charge in [-0.25, -0.2) is 4.57 Å². The van der Waals surface area contributed by atoms with Crippen molar-refractivity contribution in [2.75, 3.05) is 26.4 Å². The lowest BCUT2D eigenvalue weighted by Crippen LogP contribution is -2.29. The molecule has 0 aliphatic heterocycles. The molecule has 0 heterocycles. The van der Waals surface area contributed by atoms with Gasteiger partial charge in [-0.15, -0.1) is 0 Å². The molecular weight excluding hydrogens is 683 g/mol. The molecule has 11 heteroatoms. The molecule has 0 aromatic rings. The number of carbonyl (C=O) groups excluding carboxylic acids is 2. The highest BCUT2D eigenvalue weighted by atomic mass is 31.2. The molecule has 52 heavy (non-hydrogen) atoms. The van der Waals surface area contributed by atoms with Gasteiger partial charge in [-0.05, 0) is 38.5 Å². The molecule has 0 rings (SSSR count). The topological polar surface area (TPSA) is 149 Å². The average molecular weight is 763 g/mol. The third-order valence-electron chi connectivity index (χ3n) is 9.17. The van der Waals surface area contributed by atoms with Crippen LogP contribution in [0.15, 0.2) is 12.2 Å². The molecule has 0 saturated heterocycles. The van der Waals surface area contributed by atoms with Gasteiger partial charge in [0.1, 0.15) is 12.7 Å². The van der Waals surface area contributed by atoms with Crippen molar-refractivity contribution in [2.24, 2.45) is 0 Å². The maximum Gasteiger partial charge on any atom is 0.472 e. The van der Waals surface area contributed by atoms with Crippen LogP contribution in [0.2, 0.25) is 0 Å². The normalized spacial score (nSPS) is 14.0. The molecule has 0 amide bonds. The van der Waals surface area contributed by atoms with Crippen LogP contribution in [-0.2, 0) is 32.7 Å². The van der Waals surface area contributed by atoms with Gasteiger partial charge in [-0.2, -0.15) is 0 Å². The Hall–Kier alpha value is -1.29. The first-order valence-corrected chi connectivity index (χ1v) is 22.6. The third-order valence-corrected chi connectivity index (χ3v) is 10.1. The Kier molecular flexibility index (Phi) is 37.1. The average Bonchev–Trinajstić information content (AvgIpc) is 3.13. The molecule has 0 bridgehead atoms. The van der Waals surface area contributed by atoms with E-state index in [0.29, 0.717) is 12.8 Å². The second kappa shape index (κ2) is 38.0. The van der Waals surface area contributed by atoms with E-state index in [1.54, 1.807) is 0 Å². The van der Waals surface area contributed by atoms with E-state index in [-0.39, 0.29) is 19.4 Å². The van der Waals surface area contributed by atoms with Crippen molar-refractivity contribution in [3.05, 3.63) is 12.2 Å². The molecule has 3 atom stereocenters. The van der Waals surface area contributed by atoms with E-state index in [9.17, 15) is 24.2 Å². The fourth-order valence-corrected chi connectivity index (χ4v) is 6.66. The Labute approximate surface area is 317 Å². The molecule has 0 saturated carbocycles. The third kappa shape index (κ3) is 37.0. The number of phosphoric ester groups is 1. The summed E-state index contributed by atoms with van der Waals surface area (Å²) in [6, 6.07) is 0. The molecule has 10 nitrogen and oxygen atoms in total. The quantitative estimate of drug-likeness (QED) is 0.0238. The van der Waals surface area contributed by atoms with Crippen LogP contribution in [0.5, 0.6) is 0 Å². The number of hydrogen-bond donors (Lipinski definition) is 3. The van der Waals surface area contributed by atoms with Crippen molar-refractivity contribution in [3.63, 3.8) is 0 Å². The largest absolute Gasteiger partial charge is 0.472 e. The molecule has 0 aliphatic carbocycles. The monoisotopic (exact) mass is 763 g/mol. The Bertz CT molecular complexity index is 884. The summed E-state index contributed by atoms with van der Waals surface area (Å²) in [6.07, 6.45) is 34.6. The second-order valence-corrected chi connectivity index (χ2v) is 15.8. The van der Waals surface area contributed by atoms with E-state index >= 15 is 0 Å². The molecule has 0 fully saturated rings. The molecule has 0 radical (unpaired) electrons. The van der Waals surface area contributed by atoms with Crippen molar-refractivity contribution >= 4 is 19.8 Å². The number of aliphatic hydroxyl groups excluding tert-OH is 2. The summed E-state index contributed by atoms with van der Waals surface area (Å²) in [5, 5.41) is 18.3. The van der Waals surface area contributed by atoms with Gasteiger partial charge < -0.3 is 24.6 Å². The molecule has 3 N–H and O–H groups in total.